The van der Waals surface area contributed by atoms with Crippen LogP contribution in [0.2, 0.25) is 0 Å². The van der Waals surface area contributed by atoms with E-state index in [4.69, 9.17) is 0 Å². The third-order valence-corrected chi connectivity index (χ3v) is 2.50. The van der Waals surface area contributed by atoms with Crippen LogP contribution in [0.5, 0.6) is 0 Å². The minimum Gasteiger partial charge on any atom is -0.392 e. The lowest BCUT2D eigenvalue weighted by Gasteiger charge is -2.18. The molecule has 0 saturated carbocycles. The quantitative estimate of drug-likeness (QED) is 0.549. The van der Waals surface area contributed by atoms with Crippen LogP contribution in [0.1, 0.15) is 33.6 Å². The minimum absolute atomic E-state index is 0.170. The fraction of sp³-hybridized carbons (Fsp3) is 1.00. The van der Waals surface area contributed by atoms with Crippen molar-refractivity contribution < 1.29 is 5.11 Å². The van der Waals surface area contributed by atoms with Crippen molar-refractivity contribution in [2.75, 3.05) is 32.7 Å². The van der Waals surface area contributed by atoms with E-state index >= 15 is 0 Å². The highest BCUT2D eigenvalue weighted by molar-refractivity contribution is 4.60. The molecule has 0 bridgehead atoms. The van der Waals surface area contributed by atoms with Gasteiger partial charge in [0.25, 0.3) is 0 Å². The molecule has 0 aromatic rings. The second-order valence-corrected chi connectivity index (χ2v) is 3.67. The summed E-state index contributed by atoms with van der Waals surface area (Å²) in [5, 5.41) is 12.7. The van der Waals surface area contributed by atoms with Crippen molar-refractivity contribution in [3.05, 3.63) is 0 Å². The molecule has 0 amide bonds. The number of rotatable bonds is 9. The van der Waals surface area contributed by atoms with Crippen molar-refractivity contribution in [3.8, 4) is 0 Å². The second-order valence-electron chi connectivity index (χ2n) is 3.67. The van der Waals surface area contributed by atoms with Gasteiger partial charge in [0.05, 0.1) is 6.10 Å². The molecule has 86 valence electrons. The Labute approximate surface area is 88.5 Å². The van der Waals surface area contributed by atoms with Crippen LogP contribution in [0.15, 0.2) is 0 Å². The van der Waals surface area contributed by atoms with Crippen LogP contribution in [0.4, 0.5) is 0 Å². The first-order valence-electron chi connectivity index (χ1n) is 5.85. The Bertz CT molecular complexity index is 116. The topological polar surface area (TPSA) is 35.5 Å². The Kier molecular flexibility index (Phi) is 9.35. The Hall–Kier alpha value is -0.120. The van der Waals surface area contributed by atoms with Gasteiger partial charge >= 0.3 is 0 Å². The fourth-order valence-corrected chi connectivity index (χ4v) is 1.48. The van der Waals surface area contributed by atoms with Crippen LogP contribution in [0.3, 0.4) is 0 Å². The first kappa shape index (κ1) is 13.9. The zero-order valence-electron chi connectivity index (χ0n) is 9.92. The molecule has 0 aromatic heterocycles. The summed E-state index contributed by atoms with van der Waals surface area (Å²) in [7, 11) is 0. The van der Waals surface area contributed by atoms with E-state index in [9.17, 15) is 5.11 Å². The van der Waals surface area contributed by atoms with Crippen molar-refractivity contribution in [2.24, 2.45) is 0 Å². The first-order valence-corrected chi connectivity index (χ1v) is 5.85. The highest BCUT2D eigenvalue weighted by Gasteiger charge is 2.02. The molecule has 3 nitrogen and oxygen atoms in total. The molecule has 3 heteroatoms. The van der Waals surface area contributed by atoms with Crippen LogP contribution < -0.4 is 5.32 Å². The molecule has 0 saturated heterocycles. The maximum absolute atomic E-state index is 9.45. The van der Waals surface area contributed by atoms with E-state index in [-0.39, 0.29) is 6.10 Å². The van der Waals surface area contributed by atoms with E-state index in [0.717, 1.165) is 45.6 Å². The molecule has 0 aliphatic heterocycles. The molecule has 0 rings (SSSR count). The number of hydrogen-bond donors (Lipinski definition) is 2. The van der Waals surface area contributed by atoms with E-state index in [0.29, 0.717) is 0 Å². The molecule has 0 radical (unpaired) electrons. The van der Waals surface area contributed by atoms with Crippen LogP contribution in [0, 0.1) is 0 Å². The molecule has 0 aliphatic rings. The molecule has 0 heterocycles. The third-order valence-electron chi connectivity index (χ3n) is 2.50. The zero-order valence-corrected chi connectivity index (χ0v) is 9.92. The predicted molar refractivity (Wildman–Crippen MR) is 61.6 cm³/mol. The van der Waals surface area contributed by atoms with Gasteiger partial charge in [0, 0.05) is 19.6 Å². The normalized spacial score (nSPS) is 13.5. The van der Waals surface area contributed by atoms with Crippen LogP contribution in [-0.4, -0.2) is 48.8 Å². The summed E-state index contributed by atoms with van der Waals surface area (Å²) in [4.78, 5) is 2.37. The Morgan fingerprint density at radius 2 is 1.86 bits per heavy atom. The van der Waals surface area contributed by atoms with E-state index in [1.165, 1.54) is 0 Å². The largest absolute Gasteiger partial charge is 0.392 e. The highest BCUT2D eigenvalue weighted by Crippen LogP contribution is 1.93. The number of hydrogen-bond acceptors (Lipinski definition) is 3. The van der Waals surface area contributed by atoms with Crippen molar-refractivity contribution >= 4 is 0 Å². The molecular weight excluding hydrogens is 176 g/mol. The maximum atomic E-state index is 9.45. The summed E-state index contributed by atoms with van der Waals surface area (Å²) in [5.74, 6) is 0. The molecule has 0 aliphatic carbocycles. The van der Waals surface area contributed by atoms with Gasteiger partial charge in [-0.3, -0.25) is 0 Å². The van der Waals surface area contributed by atoms with Crippen LogP contribution >= 0.6 is 0 Å². The van der Waals surface area contributed by atoms with Gasteiger partial charge in [-0.15, -0.1) is 0 Å². The van der Waals surface area contributed by atoms with Gasteiger partial charge in [-0.1, -0.05) is 27.2 Å². The molecule has 0 aromatic carbocycles. The summed E-state index contributed by atoms with van der Waals surface area (Å²) >= 11 is 0. The monoisotopic (exact) mass is 202 g/mol. The van der Waals surface area contributed by atoms with Crippen LogP contribution in [0.25, 0.3) is 0 Å². The van der Waals surface area contributed by atoms with E-state index < -0.39 is 0 Å². The molecule has 2 N–H and O–H groups in total. The van der Waals surface area contributed by atoms with Gasteiger partial charge in [0.15, 0.2) is 0 Å². The standard InChI is InChI=1S/C11H26N2O/c1-4-7-11(14)10-12-8-9-13(5-2)6-3/h11-12,14H,4-10H2,1-3H3. The number of likely N-dealkylation sites (N-methyl/N-ethyl adjacent to an activating group) is 1. The molecule has 14 heavy (non-hydrogen) atoms. The van der Waals surface area contributed by atoms with Gasteiger partial charge in [-0.25, -0.2) is 0 Å². The van der Waals surface area contributed by atoms with Crippen molar-refractivity contribution in [1.82, 2.24) is 10.2 Å². The summed E-state index contributed by atoms with van der Waals surface area (Å²) in [6.07, 6.45) is 1.79. The SMILES string of the molecule is CCCC(O)CNCCN(CC)CC. The maximum Gasteiger partial charge on any atom is 0.0664 e. The van der Waals surface area contributed by atoms with E-state index in [2.05, 4.69) is 31.0 Å². The summed E-state index contributed by atoms with van der Waals surface area (Å²) < 4.78 is 0. The lowest BCUT2D eigenvalue weighted by Crippen LogP contribution is -2.35. The Balaban J connectivity index is 3.27. The van der Waals surface area contributed by atoms with Crippen molar-refractivity contribution in [1.29, 1.82) is 0 Å². The first-order chi connectivity index (χ1) is 6.74. The van der Waals surface area contributed by atoms with Gasteiger partial charge in [-0.2, -0.15) is 0 Å². The molecule has 1 atom stereocenters. The Morgan fingerprint density at radius 3 is 2.36 bits per heavy atom. The Morgan fingerprint density at radius 1 is 1.21 bits per heavy atom. The molecule has 1 unspecified atom stereocenters. The molecule has 0 spiro atoms. The third kappa shape index (κ3) is 7.30. The average molecular weight is 202 g/mol. The summed E-state index contributed by atoms with van der Waals surface area (Å²) in [5.41, 5.74) is 0. The van der Waals surface area contributed by atoms with Crippen molar-refractivity contribution in [3.63, 3.8) is 0 Å². The van der Waals surface area contributed by atoms with Gasteiger partial charge in [0.2, 0.25) is 0 Å². The number of nitrogens with zero attached hydrogens (tertiary/aromatic N) is 1. The number of nitrogens with one attached hydrogen (secondary N) is 1. The smallest absolute Gasteiger partial charge is 0.0664 e. The second kappa shape index (κ2) is 9.44. The fourth-order valence-electron chi connectivity index (χ4n) is 1.48. The zero-order chi connectivity index (χ0) is 10.8. The summed E-state index contributed by atoms with van der Waals surface area (Å²) in [6, 6.07) is 0. The van der Waals surface area contributed by atoms with Gasteiger partial charge in [-0.05, 0) is 19.5 Å². The van der Waals surface area contributed by atoms with E-state index in [1.54, 1.807) is 0 Å². The van der Waals surface area contributed by atoms with Gasteiger partial charge in [0.1, 0.15) is 0 Å². The molecule has 0 fully saturated rings. The average Bonchev–Trinajstić information content (AvgIpc) is 2.19. The lowest BCUT2D eigenvalue weighted by molar-refractivity contribution is 0.159. The predicted octanol–water partition coefficient (Wildman–Crippen LogP) is 1.08. The lowest BCUT2D eigenvalue weighted by atomic mass is 10.2. The van der Waals surface area contributed by atoms with Crippen LogP contribution in [-0.2, 0) is 0 Å². The van der Waals surface area contributed by atoms with E-state index in [1.807, 2.05) is 0 Å². The summed E-state index contributed by atoms with van der Waals surface area (Å²) in [6.45, 7) is 11.4. The number of aliphatic hydroxyl groups is 1. The minimum atomic E-state index is -0.170. The highest BCUT2D eigenvalue weighted by atomic mass is 16.3. The van der Waals surface area contributed by atoms with Gasteiger partial charge < -0.3 is 15.3 Å². The molecular formula is C11H26N2O. The number of aliphatic hydroxyl groups excluding tert-OH is 1. The van der Waals surface area contributed by atoms with Crippen molar-refractivity contribution in [2.45, 2.75) is 39.7 Å².